The molecule has 1 aliphatic rings. The molecule has 1 unspecified atom stereocenters. The number of carbonyl (C=O) groups excluding carboxylic acids is 1. The van der Waals surface area contributed by atoms with Crippen molar-refractivity contribution in [1.29, 1.82) is 0 Å². The van der Waals surface area contributed by atoms with Crippen LogP contribution in [0.4, 0.5) is 5.69 Å². The zero-order chi connectivity index (χ0) is 19.0. The predicted molar refractivity (Wildman–Crippen MR) is 109 cm³/mol. The second-order valence-corrected chi connectivity index (χ2v) is 7.58. The van der Waals surface area contributed by atoms with Crippen LogP contribution < -0.4 is 10.5 Å². The fourth-order valence-corrected chi connectivity index (χ4v) is 3.75. The quantitative estimate of drug-likeness (QED) is 0.645. The molecular formula is C21H18BrN3O2. The van der Waals surface area contributed by atoms with Crippen molar-refractivity contribution in [1.82, 2.24) is 9.78 Å². The Morgan fingerprint density at radius 2 is 1.85 bits per heavy atom. The van der Waals surface area contributed by atoms with Gasteiger partial charge in [-0.1, -0.05) is 46.3 Å². The van der Waals surface area contributed by atoms with E-state index in [-0.39, 0.29) is 24.1 Å². The van der Waals surface area contributed by atoms with E-state index < -0.39 is 0 Å². The topological polar surface area (TPSA) is 55.2 Å². The maximum absolute atomic E-state index is 13.0. The number of amides is 1. The first-order chi connectivity index (χ1) is 13.0. The lowest BCUT2D eigenvalue weighted by Gasteiger charge is -2.23. The summed E-state index contributed by atoms with van der Waals surface area (Å²) in [5, 5.41) is 4.41. The molecule has 2 aromatic carbocycles. The highest BCUT2D eigenvalue weighted by molar-refractivity contribution is 9.10. The first-order valence-corrected chi connectivity index (χ1v) is 9.56. The molecule has 0 aliphatic carbocycles. The van der Waals surface area contributed by atoms with Crippen LogP contribution in [0, 0.1) is 0 Å². The van der Waals surface area contributed by atoms with E-state index in [1.807, 2.05) is 55.5 Å². The van der Waals surface area contributed by atoms with E-state index >= 15 is 0 Å². The molecule has 0 N–H and O–H groups in total. The summed E-state index contributed by atoms with van der Waals surface area (Å²) >= 11 is 3.41. The minimum absolute atomic E-state index is 0.0697. The van der Waals surface area contributed by atoms with E-state index in [0.717, 1.165) is 27.7 Å². The standard InChI is InChI=1S/C21H18BrN3O2/c1-14-12-16-4-2-3-5-19(16)25(14)21(27)13-24-20(26)11-10-18(23-24)15-6-8-17(22)9-7-15/h2-11,14H,12-13H2,1H3. The van der Waals surface area contributed by atoms with Gasteiger partial charge >= 0.3 is 0 Å². The molecule has 0 saturated carbocycles. The minimum Gasteiger partial charge on any atom is -0.307 e. The van der Waals surface area contributed by atoms with E-state index in [4.69, 9.17) is 0 Å². The van der Waals surface area contributed by atoms with Crippen LogP contribution in [-0.2, 0) is 17.8 Å². The summed E-state index contributed by atoms with van der Waals surface area (Å²) in [5.74, 6) is -0.130. The first kappa shape index (κ1) is 17.7. The number of fused-ring (bicyclic) bond motifs is 1. The number of hydrogen-bond donors (Lipinski definition) is 0. The van der Waals surface area contributed by atoms with Crippen molar-refractivity contribution in [3.63, 3.8) is 0 Å². The maximum Gasteiger partial charge on any atom is 0.267 e. The summed E-state index contributed by atoms with van der Waals surface area (Å²) < 4.78 is 2.21. The number of para-hydroxylation sites is 1. The van der Waals surface area contributed by atoms with Crippen molar-refractivity contribution in [2.45, 2.75) is 25.9 Å². The molecular weight excluding hydrogens is 406 g/mol. The SMILES string of the molecule is CC1Cc2ccccc2N1C(=O)Cn1nc(-c2ccc(Br)cc2)ccc1=O. The summed E-state index contributed by atoms with van der Waals surface area (Å²) in [6.45, 7) is 1.94. The molecule has 0 spiro atoms. The number of halogens is 1. The molecule has 0 bridgehead atoms. The summed E-state index contributed by atoms with van der Waals surface area (Å²) in [6.07, 6.45) is 0.823. The van der Waals surface area contributed by atoms with Crippen LogP contribution in [-0.4, -0.2) is 21.7 Å². The van der Waals surface area contributed by atoms with E-state index in [1.54, 1.807) is 11.0 Å². The third-order valence-electron chi connectivity index (χ3n) is 4.77. The van der Waals surface area contributed by atoms with Gasteiger partial charge in [0.25, 0.3) is 5.56 Å². The number of rotatable bonds is 3. The highest BCUT2D eigenvalue weighted by Crippen LogP contribution is 2.31. The zero-order valence-electron chi connectivity index (χ0n) is 14.8. The van der Waals surface area contributed by atoms with Crippen molar-refractivity contribution in [2.75, 3.05) is 4.90 Å². The molecule has 0 radical (unpaired) electrons. The van der Waals surface area contributed by atoms with Gasteiger partial charge in [-0.2, -0.15) is 5.10 Å². The molecule has 1 aliphatic heterocycles. The Hall–Kier alpha value is -2.73. The number of hydrogen-bond acceptors (Lipinski definition) is 3. The van der Waals surface area contributed by atoms with Gasteiger partial charge in [-0.15, -0.1) is 0 Å². The summed E-state index contributed by atoms with van der Waals surface area (Å²) in [6, 6.07) is 18.8. The highest BCUT2D eigenvalue weighted by Gasteiger charge is 2.30. The average Bonchev–Trinajstić information content (AvgIpc) is 3.00. The highest BCUT2D eigenvalue weighted by atomic mass is 79.9. The first-order valence-electron chi connectivity index (χ1n) is 8.77. The molecule has 6 heteroatoms. The Bertz CT molecular complexity index is 1060. The number of benzene rings is 2. The van der Waals surface area contributed by atoms with Crippen molar-refractivity contribution in [3.05, 3.63) is 81.1 Å². The Kier molecular flexibility index (Phi) is 4.66. The molecule has 27 heavy (non-hydrogen) atoms. The van der Waals surface area contributed by atoms with Gasteiger partial charge < -0.3 is 4.90 Å². The van der Waals surface area contributed by atoms with Gasteiger partial charge in [0.05, 0.1) is 5.69 Å². The number of anilines is 1. The number of aromatic nitrogens is 2. The fourth-order valence-electron chi connectivity index (χ4n) is 3.49. The molecule has 1 amide bonds. The molecule has 0 fully saturated rings. The van der Waals surface area contributed by atoms with Gasteiger partial charge in [0.1, 0.15) is 6.54 Å². The third kappa shape index (κ3) is 3.45. The fraction of sp³-hybridized carbons (Fsp3) is 0.190. The molecule has 1 aromatic heterocycles. The molecule has 5 nitrogen and oxygen atoms in total. The summed E-state index contributed by atoms with van der Waals surface area (Å²) in [5.41, 5.74) is 3.34. The summed E-state index contributed by atoms with van der Waals surface area (Å²) in [7, 11) is 0. The van der Waals surface area contributed by atoms with Crippen LogP contribution in [0.1, 0.15) is 12.5 Å². The lowest BCUT2D eigenvalue weighted by molar-refractivity contribution is -0.119. The van der Waals surface area contributed by atoms with Crippen molar-refractivity contribution in [2.24, 2.45) is 0 Å². The largest absolute Gasteiger partial charge is 0.307 e. The van der Waals surface area contributed by atoms with Crippen LogP contribution in [0.3, 0.4) is 0 Å². The van der Waals surface area contributed by atoms with E-state index in [2.05, 4.69) is 21.0 Å². The average molecular weight is 424 g/mol. The molecule has 2 heterocycles. The van der Waals surface area contributed by atoms with Crippen LogP contribution in [0.25, 0.3) is 11.3 Å². The predicted octanol–water partition coefficient (Wildman–Crippen LogP) is 3.65. The molecule has 1 atom stereocenters. The van der Waals surface area contributed by atoms with E-state index in [9.17, 15) is 9.59 Å². The van der Waals surface area contributed by atoms with Crippen LogP contribution in [0.5, 0.6) is 0 Å². The monoisotopic (exact) mass is 423 g/mol. The lowest BCUT2D eigenvalue weighted by Crippen LogP contribution is -2.40. The van der Waals surface area contributed by atoms with Crippen molar-refractivity contribution >= 4 is 27.5 Å². The minimum atomic E-state index is -0.288. The van der Waals surface area contributed by atoms with Crippen molar-refractivity contribution in [3.8, 4) is 11.3 Å². The van der Waals surface area contributed by atoms with Crippen LogP contribution in [0.2, 0.25) is 0 Å². The lowest BCUT2D eigenvalue weighted by atomic mass is 10.1. The van der Waals surface area contributed by atoms with E-state index in [0.29, 0.717) is 5.69 Å². The second kappa shape index (κ2) is 7.12. The third-order valence-corrected chi connectivity index (χ3v) is 5.30. The van der Waals surface area contributed by atoms with Crippen LogP contribution in [0.15, 0.2) is 69.9 Å². The van der Waals surface area contributed by atoms with Gasteiger partial charge in [0.15, 0.2) is 0 Å². The maximum atomic E-state index is 13.0. The van der Waals surface area contributed by atoms with Gasteiger partial charge in [0.2, 0.25) is 5.91 Å². The Labute approximate surface area is 165 Å². The Morgan fingerprint density at radius 1 is 1.11 bits per heavy atom. The van der Waals surface area contributed by atoms with E-state index in [1.165, 1.54) is 10.7 Å². The molecule has 3 aromatic rings. The molecule has 0 saturated heterocycles. The Balaban J connectivity index is 1.63. The van der Waals surface area contributed by atoms with Gasteiger partial charge in [-0.05, 0) is 43.2 Å². The zero-order valence-corrected chi connectivity index (χ0v) is 16.4. The number of nitrogens with zero attached hydrogens (tertiary/aromatic N) is 3. The van der Waals surface area contributed by atoms with Gasteiger partial charge in [0, 0.05) is 27.8 Å². The van der Waals surface area contributed by atoms with Gasteiger partial charge in [-0.3, -0.25) is 9.59 Å². The Morgan fingerprint density at radius 3 is 2.63 bits per heavy atom. The summed E-state index contributed by atoms with van der Waals surface area (Å²) in [4.78, 5) is 27.0. The second-order valence-electron chi connectivity index (χ2n) is 6.67. The molecule has 136 valence electrons. The molecule has 4 rings (SSSR count). The number of carbonyl (C=O) groups is 1. The smallest absolute Gasteiger partial charge is 0.267 e. The van der Waals surface area contributed by atoms with Crippen molar-refractivity contribution < 1.29 is 4.79 Å². The van der Waals surface area contributed by atoms with Crippen LogP contribution >= 0.6 is 15.9 Å². The van der Waals surface area contributed by atoms with Gasteiger partial charge in [-0.25, -0.2) is 4.68 Å². The normalized spacial score (nSPS) is 15.6.